The Kier molecular flexibility index (Phi) is 5.36. The van der Waals surface area contributed by atoms with Gasteiger partial charge in [-0.1, -0.05) is 24.1 Å². The van der Waals surface area contributed by atoms with Crippen LogP contribution in [0.15, 0.2) is 88.4 Å². The first-order chi connectivity index (χ1) is 18.0. The van der Waals surface area contributed by atoms with Gasteiger partial charge >= 0.3 is 0 Å². The Balaban J connectivity index is 1.78. The second-order valence-corrected chi connectivity index (χ2v) is 9.95. The number of para-hydroxylation sites is 1. The maximum atomic E-state index is 14.5. The minimum absolute atomic E-state index is 0.0317. The Morgan fingerprint density at radius 2 is 1.86 bits per heavy atom. The molecule has 0 fully saturated rings. The normalized spacial score (nSPS) is 20.7. The van der Waals surface area contributed by atoms with Crippen LogP contribution in [0, 0.1) is 23.7 Å². The lowest BCUT2D eigenvalue weighted by atomic mass is 9.63. The van der Waals surface area contributed by atoms with Crippen molar-refractivity contribution >= 4 is 44.9 Å². The smallest absolute Gasteiger partial charge is 0.248 e. The maximum Gasteiger partial charge on any atom is 0.248 e. The zero-order valence-corrected chi connectivity index (χ0v) is 21.3. The molecule has 8 heteroatoms. The van der Waals surface area contributed by atoms with Crippen LogP contribution in [0.4, 0.5) is 11.5 Å². The molecule has 1 aromatic carbocycles. The number of Topliss-reactive ketones (excluding diaryl/α,β-unsaturated/α-hetero) is 1. The van der Waals surface area contributed by atoms with Gasteiger partial charge in [-0.2, -0.15) is 5.26 Å². The molecule has 37 heavy (non-hydrogen) atoms. The number of hydrogen-bond donors (Lipinski definition) is 0. The van der Waals surface area contributed by atoms with E-state index in [9.17, 15) is 14.9 Å². The third-order valence-electron chi connectivity index (χ3n) is 7.16. The van der Waals surface area contributed by atoms with E-state index in [-0.39, 0.29) is 23.8 Å². The molecule has 4 heterocycles. The SMILES string of the molecule is C#CCN1C(=O)C2(C(C#N)=C(n3cccc3)N(c3ccc(Br)cn3)C3=C2C(=O)CCC3)c2ccccc21. The number of allylic oxidation sites excluding steroid dienone is 1. The lowest BCUT2D eigenvalue weighted by molar-refractivity contribution is -0.124. The van der Waals surface area contributed by atoms with E-state index in [1.54, 1.807) is 6.20 Å². The zero-order chi connectivity index (χ0) is 25.7. The van der Waals surface area contributed by atoms with Crippen molar-refractivity contribution in [1.29, 1.82) is 5.26 Å². The van der Waals surface area contributed by atoms with Crippen molar-refractivity contribution in [2.75, 3.05) is 16.3 Å². The van der Waals surface area contributed by atoms with E-state index in [0.717, 1.165) is 4.47 Å². The van der Waals surface area contributed by atoms with Crippen LogP contribution in [0.5, 0.6) is 0 Å². The second-order valence-electron chi connectivity index (χ2n) is 9.03. The number of hydrogen-bond acceptors (Lipinski definition) is 5. The van der Waals surface area contributed by atoms with Crippen molar-refractivity contribution in [2.45, 2.75) is 24.7 Å². The Morgan fingerprint density at radius 1 is 1.08 bits per heavy atom. The maximum absolute atomic E-state index is 14.5. The van der Waals surface area contributed by atoms with Crippen LogP contribution in [0.2, 0.25) is 0 Å². The number of aromatic nitrogens is 2. The summed E-state index contributed by atoms with van der Waals surface area (Å²) in [5.74, 6) is 3.08. The number of nitrogens with zero attached hydrogens (tertiary/aromatic N) is 5. The molecule has 1 spiro atoms. The van der Waals surface area contributed by atoms with Crippen molar-refractivity contribution in [1.82, 2.24) is 9.55 Å². The number of anilines is 2. The van der Waals surface area contributed by atoms with E-state index in [4.69, 9.17) is 6.42 Å². The number of benzene rings is 1. The first-order valence-electron chi connectivity index (χ1n) is 11.9. The lowest BCUT2D eigenvalue weighted by Gasteiger charge is -2.44. The molecule has 2 aliphatic heterocycles. The number of terminal acetylenes is 1. The van der Waals surface area contributed by atoms with Crippen LogP contribution >= 0.6 is 15.9 Å². The number of carbonyl (C=O) groups excluding carboxylic acids is 2. The van der Waals surface area contributed by atoms with Gasteiger partial charge in [0.05, 0.1) is 12.1 Å². The van der Waals surface area contributed by atoms with Crippen molar-refractivity contribution in [3.63, 3.8) is 0 Å². The number of ketones is 1. The molecule has 1 amide bonds. The Labute approximate surface area is 222 Å². The summed E-state index contributed by atoms with van der Waals surface area (Å²) in [7, 11) is 0. The van der Waals surface area contributed by atoms with Gasteiger partial charge < -0.3 is 4.57 Å². The molecule has 0 radical (unpaired) electrons. The standard InChI is InChI=1S/C29H20BrN5O2/c1-2-14-34-22-9-4-3-8-20(22)29(28(34)37)21(17-31)27(33-15-5-6-16-33)35(25-13-12-19(30)18-32-25)23-10-7-11-24(36)26(23)29/h1,3-6,8-9,12-13,15-16,18H,7,10-11,14H2. The average Bonchev–Trinajstić information content (AvgIpc) is 3.52. The molecule has 3 aliphatic rings. The van der Waals surface area contributed by atoms with Crippen LogP contribution in [-0.2, 0) is 15.0 Å². The molecule has 0 saturated carbocycles. The van der Waals surface area contributed by atoms with Gasteiger partial charge in [-0.15, -0.1) is 6.42 Å². The number of rotatable bonds is 3. The minimum Gasteiger partial charge on any atom is -0.309 e. The van der Waals surface area contributed by atoms with Gasteiger partial charge in [-0.05, 0) is 59.1 Å². The highest BCUT2D eigenvalue weighted by atomic mass is 79.9. The molecule has 0 N–H and O–H groups in total. The van der Waals surface area contributed by atoms with Gasteiger partial charge in [0, 0.05) is 52.0 Å². The van der Waals surface area contributed by atoms with Gasteiger partial charge in [0.1, 0.15) is 23.1 Å². The quantitative estimate of drug-likeness (QED) is 0.439. The predicted molar refractivity (Wildman–Crippen MR) is 143 cm³/mol. The number of amides is 1. The Morgan fingerprint density at radius 3 is 2.57 bits per heavy atom. The van der Waals surface area contributed by atoms with Crippen molar-refractivity contribution in [3.8, 4) is 18.4 Å². The van der Waals surface area contributed by atoms with Gasteiger partial charge in [0.15, 0.2) is 5.78 Å². The molecule has 180 valence electrons. The summed E-state index contributed by atoms with van der Waals surface area (Å²) >= 11 is 3.44. The Bertz CT molecular complexity index is 1600. The molecule has 1 atom stereocenters. The van der Waals surface area contributed by atoms with E-state index in [1.807, 2.05) is 70.4 Å². The molecule has 0 bridgehead atoms. The molecular weight excluding hydrogens is 530 g/mol. The molecule has 1 aliphatic carbocycles. The summed E-state index contributed by atoms with van der Waals surface area (Å²) < 4.78 is 2.61. The van der Waals surface area contributed by atoms with E-state index in [2.05, 4.69) is 32.9 Å². The van der Waals surface area contributed by atoms with Crippen LogP contribution in [-0.4, -0.2) is 27.8 Å². The van der Waals surface area contributed by atoms with Crippen LogP contribution in [0.1, 0.15) is 24.8 Å². The van der Waals surface area contributed by atoms with E-state index < -0.39 is 5.41 Å². The summed E-state index contributed by atoms with van der Waals surface area (Å²) in [6.07, 6.45) is 12.5. The third-order valence-corrected chi connectivity index (χ3v) is 7.63. The van der Waals surface area contributed by atoms with Gasteiger partial charge in [-0.3, -0.25) is 19.4 Å². The molecular formula is C29H20BrN5O2. The Hall–Kier alpha value is -4.40. The highest BCUT2D eigenvalue weighted by molar-refractivity contribution is 9.10. The summed E-state index contributed by atoms with van der Waals surface area (Å²) in [6, 6.07) is 17.1. The first kappa shape index (κ1) is 23.0. The van der Waals surface area contributed by atoms with E-state index >= 15 is 0 Å². The second kappa shape index (κ2) is 8.62. The number of halogens is 1. The third kappa shape index (κ3) is 3.09. The fourth-order valence-corrected chi connectivity index (χ4v) is 6.03. The molecule has 6 rings (SSSR count). The topological polar surface area (TPSA) is 82.2 Å². The van der Waals surface area contributed by atoms with Gasteiger partial charge in [0.2, 0.25) is 5.91 Å². The summed E-state index contributed by atoms with van der Waals surface area (Å²) in [5.41, 5.74) is 0.806. The van der Waals surface area contributed by atoms with Crippen molar-refractivity contribution in [2.24, 2.45) is 0 Å². The number of fused-ring (bicyclic) bond motifs is 3. The molecule has 3 aromatic rings. The number of nitriles is 1. The van der Waals surface area contributed by atoms with Gasteiger partial charge in [0.25, 0.3) is 0 Å². The van der Waals surface area contributed by atoms with Crippen molar-refractivity contribution in [3.05, 3.63) is 94.0 Å². The monoisotopic (exact) mass is 549 g/mol. The van der Waals surface area contributed by atoms with Crippen LogP contribution in [0.25, 0.3) is 5.82 Å². The number of carbonyl (C=O) groups is 2. The largest absolute Gasteiger partial charge is 0.309 e. The van der Waals surface area contributed by atoms with Crippen molar-refractivity contribution < 1.29 is 9.59 Å². The van der Waals surface area contributed by atoms with Crippen LogP contribution < -0.4 is 9.80 Å². The molecule has 1 unspecified atom stereocenters. The fraction of sp³-hybridized carbons (Fsp3) is 0.172. The van der Waals surface area contributed by atoms with E-state index in [1.165, 1.54) is 4.90 Å². The zero-order valence-electron chi connectivity index (χ0n) is 19.7. The summed E-state index contributed by atoms with van der Waals surface area (Å²) in [4.78, 5) is 36.3. The number of pyridine rings is 1. The molecule has 2 aromatic heterocycles. The van der Waals surface area contributed by atoms with Gasteiger partial charge in [-0.25, -0.2) is 4.98 Å². The van der Waals surface area contributed by atoms with E-state index in [0.29, 0.717) is 53.4 Å². The highest BCUT2D eigenvalue weighted by Crippen LogP contribution is 2.57. The first-order valence-corrected chi connectivity index (χ1v) is 12.6. The minimum atomic E-state index is -1.60. The molecule has 7 nitrogen and oxygen atoms in total. The summed E-state index contributed by atoms with van der Waals surface area (Å²) in [6.45, 7) is 0.0317. The lowest BCUT2D eigenvalue weighted by Crippen LogP contribution is -2.51. The highest BCUT2D eigenvalue weighted by Gasteiger charge is 2.62. The molecule has 0 saturated heterocycles. The predicted octanol–water partition coefficient (Wildman–Crippen LogP) is 4.78. The fourth-order valence-electron chi connectivity index (χ4n) is 5.79. The summed E-state index contributed by atoms with van der Waals surface area (Å²) in [5, 5.41) is 10.8. The van der Waals surface area contributed by atoms with Crippen LogP contribution in [0.3, 0.4) is 0 Å². The average molecular weight is 550 g/mol.